The van der Waals surface area contributed by atoms with Crippen molar-refractivity contribution in [3.63, 3.8) is 0 Å². The second-order valence-corrected chi connectivity index (χ2v) is 6.12. The van der Waals surface area contributed by atoms with Gasteiger partial charge in [-0.15, -0.1) is 11.6 Å². The molecular weight excluding hydrogens is 495 g/mol. The predicted octanol–water partition coefficient (Wildman–Crippen LogP) is 3.77. The number of amides is 1. The van der Waals surface area contributed by atoms with Gasteiger partial charge in [-0.05, 0) is 19.1 Å². The van der Waals surface area contributed by atoms with Crippen LogP contribution in [-0.4, -0.2) is 35.2 Å². The number of alkyl halides is 3. The van der Waals surface area contributed by atoms with Crippen LogP contribution in [0.15, 0.2) is 12.1 Å². The van der Waals surface area contributed by atoms with E-state index in [1.807, 2.05) is 0 Å². The van der Waals surface area contributed by atoms with Gasteiger partial charge in [0.15, 0.2) is 0 Å². The number of hydrogen-bond donors (Lipinski definition) is 0. The van der Waals surface area contributed by atoms with Crippen LogP contribution >= 0.6 is 15.9 Å². The van der Waals surface area contributed by atoms with Gasteiger partial charge in [0.1, 0.15) is 12.4 Å². The fourth-order valence-electron chi connectivity index (χ4n) is 2.24. The standard InChI is InChI=1S/C17H13BrF4NO2.Y/c1-2-3-6-25-10-7-12(19)16(13(20)8-10)14-5-4-11(18)17(24)23(14)9-15(21)22;/h7-8,11,15H,4,6,9H2,1H3;/q-1;. The van der Waals surface area contributed by atoms with Gasteiger partial charge in [0, 0.05) is 32.7 Å². The predicted molar refractivity (Wildman–Crippen MR) is 87.0 cm³/mol. The molecule has 137 valence electrons. The van der Waals surface area contributed by atoms with Crippen molar-refractivity contribution < 1.29 is 59.8 Å². The number of hydrogen-bond acceptors (Lipinski definition) is 2. The molecule has 1 aromatic carbocycles. The Hall–Kier alpha value is -0.906. The Morgan fingerprint density at radius 3 is 2.54 bits per heavy atom. The number of allylic oxidation sites excluding steroid dienone is 1. The van der Waals surface area contributed by atoms with Gasteiger partial charge in [-0.2, -0.15) is 0 Å². The molecule has 0 fully saturated rings. The number of carbonyl (C=O) groups excluding carboxylic acids is 1. The van der Waals surface area contributed by atoms with Crippen molar-refractivity contribution in [1.29, 1.82) is 0 Å². The molecular formula is C17H13BrF4NO2Y-. The molecule has 0 bridgehead atoms. The van der Waals surface area contributed by atoms with E-state index in [-0.39, 0.29) is 57.2 Å². The molecule has 1 unspecified atom stereocenters. The van der Waals surface area contributed by atoms with Crippen molar-refractivity contribution in [1.82, 2.24) is 4.90 Å². The van der Waals surface area contributed by atoms with Crippen molar-refractivity contribution in [3.8, 4) is 17.6 Å². The minimum atomic E-state index is -2.86. The second-order valence-electron chi connectivity index (χ2n) is 5.01. The molecule has 1 aromatic rings. The molecule has 0 aliphatic carbocycles. The summed E-state index contributed by atoms with van der Waals surface area (Å²) >= 11 is 3.04. The van der Waals surface area contributed by atoms with Gasteiger partial charge in [0.25, 0.3) is 6.43 Å². The zero-order valence-corrected chi connectivity index (χ0v) is 18.1. The third-order valence-corrected chi connectivity index (χ3v) is 4.03. The average Bonchev–Trinajstić information content (AvgIpc) is 2.53. The van der Waals surface area contributed by atoms with Crippen molar-refractivity contribution >= 4 is 27.5 Å². The number of benzene rings is 1. The van der Waals surface area contributed by atoms with Crippen LogP contribution in [0.25, 0.3) is 5.70 Å². The van der Waals surface area contributed by atoms with Crippen LogP contribution in [0.5, 0.6) is 5.75 Å². The topological polar surface area (TPSA) is 29.5 Å². The van der Waals surface area contributed by atoms with Crippen LogP contribution in [0.1, 0.15) is 18.9 Å². The first-order valence-electron chi connectivity index (χ1n) is 7.21. The average molecular weight is 508 g/mol. The third kappa shape index (κ3) is 5.54. The minimum absolute atomic E-state index is 0. The van der Waals surface area contributed by atoms with E-state index in [2.05, 4.69) is 33.8 Å². The summed E-state index contributed by atoms with van der Waals surface area (Å²) in [4.78, 5) is 12.0. The van der Waals surface area contributed by atoms with E-state index in [0.29, 0.717) is 4.90 Å². The summed E-state index contributed by atoms with van der Waals surface area (Å²) in [6.07, 6.45) is -0.227. The molecule has 1 radical (unpaired) electrons. The Balaban J connectivity index is 0.00000338. The SMILES string of the molecule is CC#CCOc1cc(F)c(C2=[C-]CC(Br)C(=O)N2CC(F)F)c(F)c1.[Y]. The van der Waals surface area contributed by atoms with Gasteiger partial charge in [-0.25, -0.2) is 23.6 Å². The van der Waals surface area contributed by atoms with E-state index in [1.54, 1.807) is 6.92 Å². The smallest absolute Gasteiger partial charge is 0.256 e. The zero-order chi connectivity index (χ0) is 18.6. The van der Waals surface area contributed by atoms with Crippen LogP contribution in [0, 0.1) is 29.6 Å². The molecule has 9 heteroatoms. The van der Waals surface area contributed by atoms with Gasteiger partial charge < -0.3 is 9.64 Å². The monoisotopic (exact) mass is 507 g/mol. The first-order chi connectivity index (χ1) is 11.8. The van der Waals surface area contributed by atoms with Gasteiger partial charge in [-0.1, -0.05) is 33.8 Å². The van der Waals surface area contributed by atoms with Crippen molar-refractivity contribution in [2.45, 2.75) is 24.6 Å². The minimum Gasteiger partial charge on any atom is -0.481 e. The van der Waals surface area contributed by atoms with E-state index in [1.165, 1.54) is 0 Å². The molecule has 1 atom stereocenters. The summed E-state index contributed by atoms with van der Waals surface area (Å²) in [5, 5.41) is 0. The number of ether oxygens (including phenoxy) is 1. The van der Waals surface area contributed by atoms with E-state index in [9.17, 15) is 22.4 Å². The van der Waals surface area contributed by atoms with Crippen molar-refractivity contribution in [2.75, 3.05) is 13.2 Å². The van der Waals surface area contributed by atoms with E-state index < -0.39 is 40.9 Å². The molecule has 26 heavy (non-hydrogen) atoms. The van der Waals surface area contributed by atoms with E-state index in [0.717, 1.165) is 12.1 Å². The molecule has 0 aromatic heterocycles. The first-order valence-corrected chi connectivity index (χ1v) is 8.13. The quantitative estimate of drug-likeness (QED) is 0.263. The Kier molecular flexibility index (Phi) is 9.28. The largest absolute Gasteiger partial charge is 0.481 e. The maximum absolute atomic E-state index is 14.4. The Labute approximate surface area is 182 Å². The molecule has 0 N–H and O–H groups in total. The van der Waals surface area contributed by atoms with Crippen LogP contribution in [0.3, 0.4) is 0 Å². The Morgan fingerprint density at radius 1 is 1.38 bits per heavy atom. The summed E-state index contributed by atoms with van der Waals surface area (Å²) in [7, 11) is 0. The third-order valence-electron chi connectivity index (χ3n) is 3.31. The van der Waals surface area contributed by atoms with E-state index >= 15 is 0 Å². The van der Waals surface area contributed by atoms with Crippen molar-refractivity contribution in [2.24, 2.45) is 0 Å². The summed E-state index contributed by atoms with van der Waals surface area (Å²) in [5.74, 6) is 2.27. The van der Waals surface area contributed by atoms with E-state index in [4.69, 9.17) is 4.74 Å². The summed E-state index contributed by atoms with van der Waals surface area (Å²) in [6, 6.07) is 1.82. The maximum Gasteiger partial charge on any atom is 0.256 e. The first kappa shape index (κ1) is 23.1. The fourth-order valence-corrected chi connectivity index (χ4v) is 2.65. The van der Waals surface area contributed by atoms with Crippen LogP contribution in [0.2, 0.25) is 0 Å². The van der Waals surface area contributed by atoms with Crippen LogP contribution in [0.4, 0.5) is 17.6 Å². The molecule has 1 aliphatic rings. The molecule has 0 spiro atoms. The summed E-state index contributed by atoms with van der Waals surface area (Å²) < 4.78 is 59.4. The molecule has 0 saturated carbocycles. The maximum atomic E-state index is 14.4. The molecule has 2 rings (SSSR count). The Morgan fingerprint density at radius 2 is 2.00 bits per heavy atom. The molecule has 1 aliphatic heterocycles. The zero-order valence-electron chi connectivity index (χ0n) is 13.7. The van der Waals surface area contributed by atoms with Crippen LogP contribution in [-0.2, 0) is 37.5 Å². The molecule has 3 nitrogen and oxygen atoms in total. The van der Waals surface area contributed by atoms with Crippen LogP contribution < -0.4 is 4.74 Å². The molecule has 1 heterocycles. The fraction of sp³-hybridized carbons (Fsp3) is 0.353. The number of nitrogens with zero attached hydrogens (tertiary/aromatic N) is 1. The number of carbonyl (C=O) groups is 1. The van der Waals surface area contributed by atoms with Crippen molar-refractivity contribution in [3.05, 3.63) is 35.4 Å². The van der Waals surface area contributed by atoms with Gasteiger partial charge in [0.2, 0.25) is 5.91 Å². The van der Waals surface area contributed by atoms with Gasteiger partial charge >= 0.3 is 0 Å². The molecule has 0 saturated heterocycles. The number of rotatable bonds is 5. The van der Waals surface area contributed by atoms with Gasteiger partial charge in [0.05, 0.1) is 23.0 Å². The number of halogens is 5. The summed E-state index contributed by atoms with van der Waals surface area (Å²) in [6.45, 7) is 0.558. The molecule has 1 amide bonds. The van der Waals surface area contributed by atoms with Gasteiger partial charge in [-0.3, -0.25) is 4.79 Å². The second kappa shape index (κ2) is 10.4. The summed E-state index contributed by atoms with van der Waals surface area (Å²) in [5.41, 5.74) is -0.932. The Bertz CT molecular complexity index is 738. The normalized spacial score (nSPS) is 16.6.